The third-order valence-electron chi connectivity index (χ3n) is 4.94. The third-order valence-corrected chi connectivity index (χ3v) is 4.94. The summed E-state index contributed by atoms with van der Waals surface area (Å²) in [6.07, 6.45) is 2.96. The van der Waals surface area contributed by atoms with Gasteiger partial charge in [0.15, 0.2) is 0 Å². The molecule has 2 saturated heterocycles. The molecular weight excluding hydrogens is 310 g/mol. The van der Waals surface area contributed by atoms with Crippen LogP contribution in [0.5, 0.6) is 0 Å². The SMILES string of the molecule is C[C@@H]1CCCNC(=O)N2CCCC2C(=O)NC(C#N)CC1C(N)=O. The third kappa shape index (κ3) is 4.16. The van der Waals surface area contributed by atoms with E-state index in [1.165, 1.54) is 4.90 Å². The summed E-state index contributed by atoms with van der Waals surface area (Å²) in [5, 5.41) is 14.8. The van der Waals surface area contributed by atoms with Crippen LogP contribution in [0.15, 0.2) is 0 Å². The van der Waals surface area contributed by atoms with Crippen LogP contribution in [0.1, 0.15) is 39.0 Å². The maximum atomic E-state index is 12.5. The number of hydrogen-bond donors (Lipinski definition) is 3. The Balaban J connectivity index is 2.20. The summed E-state index contributed by atoms with van der Waals surface area (Å²) in [5.41, 5.74) is 5.49. The summed E-state index contributed by atoms with van der Waals surface area (Å²) in [6, 6.07) is 0.437. The highest BCUT2D eigenvalue weighted by molar-refractivity contribution is 5.88. The van der Waals surface area contributed by atoms with E-state index in [-0.39, 0.29) is 24.3 Å². The van der Waals surface area contributed by atoms with Crippen molar-refractivity contribution in [2.24, 2.45) is 17.6 Å². The van der Waals surface area contributed by atoms with Gasteiger partial charge in [-0.1, -0.05) is 6.92 Å². The Morgan fingerprint density at radius 1 is 1.33 bits per heavy atom. The first-order valence-electron chi connectivity index (χ1n) is 8.47. The molecule has 132 valence electrons. The van der Waals surface area contributed by atoms with Gasteiger partial charge in [-0.2, -0.15) is 5.26 Å². The lowest BCUT2D eigenvalue weighted by atomic mass is 9.84. The monoisotopic (exact) mass is 335 g/mol. The van der Waals surface area contributed by atoms with E-state index >= 15 is 0 Å². The minimum absolute atomic E-state index is 0.0206. The first-order chi connectivity index (χ1) is 11.4. The predicted octanol–water partition coefficient (Wildman–Crippen LogP) is 0.0903. The van der Waals surface area contributed by atoms with Gasteiger partial charge in [-0.15, -0.1) is 0 Å². The number of nitrogens with one attached hydrogen (secondary N) is 2. The van der Waals surface area contributed by atoms with Crippen molar-refractivity contribution < 1.29 is 14.4 Å². The first-order valence-corrected chi connectivity index (χ1v) is 8.47. The molecule has 3 unspecified atom stereocenters. The Hall–Kier alpha value is -2.30. The van der Waals surface area contributed by atoms with E-state index in [1.54, 1.807) is 0 Å². The van der Waals surface area contributed by atoms with Gasteiger partial charge in [0.05, 0.1) is 6.07 Å². The lowest BCUT2D eigenvalue weighted by Crippen LogP contribution is -2.51. The summed E-state index contributed by atoms with van der Waals surface area (Å²) >= 11 is 0. The van der Waals surface area contributed by atoms with Crippen LogP contribution in [0.2, 0.25) is 0 Å². The minimum Gasteiger partial charge on any atom is -0.369 e. The normalized spacial score (nSPS) is 32.2. The van der Waals surface area contributed by atoms with Crippen molar-refractivity contribution in [3.8, 4) is 6.07 Å². The van der Waals surface area contributed by atoms with Crippen molar-refractivity contribution in [3.63, 3.8) is 0 Å². The van der Waals surface area contributed by atoms with Crippen LogP contribution >= 0.6 is 0 Å². The van der Waals surface area contributed by atoms with Crippen molar-refractivity contribution in [1.29, 1.82) is 5.26 Å². The highest BCUT2D eigenvalue weighted by Crippen LogP contribution is 2.23. The molecule has 24 heavy (non-hydrogen) atoms. The maximum absolute atomic E-state index is 12.5. The van der Waals surface area contributed by atoms with Crippen molar-refractivity contribution in [1.82, 2.24) is 15.5 Å². The standard InChI is InChI=1S/C16H25N5O3/c1-10-4-2-6-19-16(24)21-7-3-5-13(21)15(23)20-11(9-17)8-12(10)14(18)22/h10-13H,2-8H2,1H3,(H2,18,22)(H,19,24)(H,20,23)/t10-,11?,12?,13?/m1/s1. The number of hydrogen-bond acceptors (Lipinski definition) is 4. The zero-order valence-corrected chi connectivity index (χ0v) is 14.0. The average molecular weight is 335 g/mol. The number of rotatable bonds is 1. The van der Waals surface area contributed by atoms with Gasteiger partial charge in [0.2, 0.25) is 11.8 Å². The molecule has 2 aliphatic rings. The molecular formula is C16H25N5O3. The fourth-order valence-corrected chi connectivity index (χ4v) is 3.50. The van der Waals surface area contributed by atoms with Crippen molar-refractivity contribution in [2.75, 3.05) is 13.1 Å². The Kier molecular flexibility index (Phi) is 6.01. The lowest BCUT2D eigenvalue weighted by Gasteiger charge is -2.26. The quantitative estimate of drug-likeness (QED) is 0.627. The van der Waals surface area contributed by atoms with Crippen molar-refractivity contribution >= 4 is 17.8 Å². The van der Waals surface area contributed by atoms with E-state index in [2.05, 4.69) is 10.6 Å². The summed E-state index contributed by atoms with van der Waals surface area (Å²) < 4.78 is 0. The van der Waals surface area contributed by atoms with Gasteiger partial charge in [-0.3, -0.25) is 9.59 Å². The van der Waals surface area contributed by atoms with Crippen LogP contribution in [0, 0.1) is 23.2 Å². The molecule has 8 heteroatoms. The van der Waals surface area contributed by atoms with Crippen LogP contribution in [0.4, 0.5) is 4.79 Å². The van der Waals surface area contributed by atoms with Gasteiger partial charge in [-0.05, 0) is 38.0 Å². The second kappa shape index (κ2) is 7.99. The number of amides is 4. The topological polar surface area (TPSA) is 128 Å². The Morgan fingerprint density at radius 3 is 2.75 bits per heavy atom. The molecule has 8 nitrogen and oxygen atoms in total. The van der Waals surface area contributed by atoms with Crippen LogP contribution in [-0.4, -0.2) is 47.9 Å². The van der Waals surface area contributed by atoms with Gasteiger partial charge in [0.1, 0.15) is 12.1 Å². The highest BCUT2D eigenvalue weighted by Gasteiger charge is 2.36. The van der Waals surface area contributed by atoms with Gasteiger partial charge >= 0.3 is 6.03 Å². The second-order valence-corrected chi connectivity index (χ2v) is 6.64. The first kappa shape index (κ1) is 18.0. The van der Waals surface area contributed by atoms with Gasteiger partial charge in [0.25, 0.3) is 0 Å². The van der Waals surface area contributed by atoms with Crippen molar-refractivity contribution in [3.05, 3.63) is 0 Å². The van der Waals surface area contributed by atoms with Gasteiger partial charge in [-0.25, -0.2) is 4.79 Å². The molecule has 2 heterocycles. The number of fused-ring (bicyclic) bond motifs is 1. The Labute approximate surface area is 141 Å². The van der Waals surface area contributed by atoms with Gasteiger partial charge in [0, 0.05) is 19.0 Å². The van der Waals surface area contributed by atoms with E-state index in [4.69, 9.17) is 5.73 Å². The van der Waals surface area contributed by atoms with E-state index in [1.807, 2.05) is 13.0 Å². The number of nitrogens with zero attached hydrogens (tertiary/aromatic N) is 2. The molecule has 0 radical (unpaired) electrons. The number of carbonyl (C=O) groups excluding carboxylic acids is 3. The smallest absolute Gasteiger partial charge is 0.318 e. The van der Waals surface area contributed by atoms with Crippen LogP contribution < -0.4 is 16.4 Å². The summed E-state index contributed by atoms with van der Waals surface area (Å²) in [5.74, 6) is -1.30. The fraction of sp³-hybridized carbons (Fsp3) is 0.750. The van der Waals surface area contributed by atoms with Gasteiger partial charge < -0.3 is 21.3 Å². The van der Waals surface area contributed by atoms with E-state index in [0.717, 1.165) is 6.42 Å². The van der Waals surface area contributed by atoms with E-state index in [9.17, 15) is 19.6 Å². The maximum Gasteiger partial charge on any atom is 0.318 e. The number of urea groups is 1. The average Bonchev–Trinajstić information content (AvgIpc) is 3.03. The molecule has 2 fully saturated rings. The molecule has 0 aromatic carbocycles. The number of nitriles is 1. The Morgan fingerprint density at radius 2 is 2.08 bits per heavy atom. The van der Waals surface area contributed by atoms with E-state index in [0.29, 0.717) is 32.4 Å². The van der Waals surface area contributed by atoms with Crippen LogP contribution in [-0.2, 0) is 9.59 Å². The minimum atomic E-state index is -0.788. The number of primary amides is 1. The Bertz CT molecular complexity index is 544. The number of carbonyl (C=O) groups is 3. The molecule has 4 atom stereocenters. The molecule has 0 aliphatic carbocycles. The molecule has 2 rings (SSSR count). The second-order valence-electron chi connectivity index (χ2n) is 6.64. The summed E-state index contributed by atoms with van der Waals surface area (Å²) in [7, 11) is 0. The van der Waals surface area contributed by atoms with E-state index < -0.39 is 23.9 Å². The number of nitrogens with two attached hydrogens (primary N) is 1. The molecule has 2 aliphatic heterocycles. The predicted molar refractivity (Wildman–Crippen MR) is 86.4 cm³/mol. The largest absolute Gasteiger partial charge is 0.369 e. The zero-order chi connectivity index (χ0) is 17.7. The molecule has 0 spiro atoms. The van der Waals surface area contributed by atoms with Crippen LogP contribution in [0.3, 0.4) is 0 Å². The van der Waals surface area contributed by atoms with Crippen molar-refractivity contribution in [2.45, 2.75) is 51.1 Å². The zero-order valence-electron chi connectivity index (χ0n) is 14.0. The molecule has 4 amide bonds. The summed E-state index contributed by atoms with van der Waals surface area (Å²) in [4.78, 5) is 38.0. The molecule has 0 bridgehead atoms. The fourth-order valence-electron chi connectivity index (χ4n) is 3.50. The molecule has 0 aromatic rings. The highest BCUT2D eigenvalue weighted by atomic mass is 16.2. The summed E-state index contributed by atoms with van der Waals surface area (Å²) in [6.45, 7) is 2.92. The molecule has 4 N–H and O–H groups in total. The lowest BCUT2D eigenvalue weighted by molar-refractivity contribution is -0.127. The van der Waals surface area contributed by atoms with Crippen LogP contribution in [0.25, 0.3) is 0 Å². The molecule has 0 aromatic heterocycles. The molecule has 0 saturated carbocycles.